The molecular formula is C28H26N4O2S. The van der Waals surface area contributed by atoms with Crippen LogP contribution in [0.15, 0.2) is 72.1 Å². The number of rotatable bonds is 6. The molecule has 1 aromatic heterocycles. The van der Waals surface area contributed by atoms with Crippen LogP contribution in [0.2, 0.25) is 0 Å². The highest BCUT2D eigenvalue weighted by Crippen LogP contribution is 2.30. The maximum Gasteiger partial charge on any atom is 0.261 e. The molecule has 0 aliphatic carbocycles. The molecule has 0 spiro atoms. The van der Waals surface area contributed by atoms with E-state index in [4.69, 9.17) is 4.98 Å². The molecule has 0 atom stereocenters. The van der Waals surface area contributed by atoms with E-state index in [2.05, 4.69) is 27.3 Å². The van der Waals surface area contributed by atoms with Gasteiger partial charge in [0.25, 0.3) is 11.8 Å². The first-order chi connectivity index (χ1) is 17.2. The van der Waals surface area contributed by atoms with E-state index in [0.29, 0.717) is 24.2 Å². The summed E-state index contributed by atoms with van der Waals surface area (Å²) in [4.78, 5) is 37.2. The van der Waals surface area contributed by atoms with Gasteiger partial charge in [0.2, 0.25) is 0 Å². The number of benzene rings is 3. The lowest BCUT2D eigenvalue weighted by Crippen LogP contribution is -2.50. The van der Waals surface area contributed by atoms with E-state index in [1.165, 1.54) is 4.90 Å². The van der Waals surface area contributed by atoms with Crippen LogP contribution in [0.1, 0.15) is 26.4 Å². The second-order valence-corrected chi connectivity index (χ2v) is 9.96. The predicted molar refractivity (Wildman–Crippen MR) is 139 cm³/mol. The first-order valence-corrected chi connectivity index (χ1v) is 12.9. The highest BCUT2D eigenvalue weighted by Gasteiger charge is 2.32. The average Bonchev–Trinajstić information content (AvgIpc) is 3.37. The Balaban J connectivity index is 1.04. The molecule has 176 valence electrons. The maximum absolute atomic E-state index is 13.1. The molecule has 0 bridgehead atoms. The molecule has 35 heavy (non-hydrogen) atoms. The Hall–Kier alpha value is -3.39. The summed E-state index contributed by atoms with van der Waals surface area (Å²) in [7, 11) is 0. The number of nitrogens with zero attached hydrogens (tertiary/aromatic N) is 4. The lowest BCUT2D eigenvalue weighted by Gasteiger charge is -2.35. The quantitative estimate of drug-likeness (QED) is 0.382. The number of amides is 2. The van der Waals surface area contributed by atoms with Gasteiger partial charge >= 0.3 is 0 Å². The Labute approximate surface area is 208 Å². The van der Waals surface area contributed by atoms with E-state index < -0.39 is 0 Å². The van der Waals surface area contributed by atoms with E-state index in [1.807, 2.05) is 54.6 Å². The fraction of sp³-hybridized carbons (Fsp3) is 0.250. The fourth-order valence-corrected chi connectivity index (χ4v) is 5.84. The Bertz CT molecular complexity index is 1340. The zero-order valence-corrected chi connectivity index (χ0v) is 20.2. The molecule has 1 saturated heterocycles. The third kappa shape index (κ3) is 4.27. The van der Waals surface area contributed by atoms with Gasteiger partial charge < -0.3 is 0 Å². The van der Waals surface area contributed by atoms with E-state index >= 15 is 0 Å². The maximum atomic E-state index is 13.1. The van der Waals surface area contributed by atoms with Crippen LogP contribution in [0, 0.1) is 0 Å². The number of aromatic nitrogens is 1. The number of carbonyl (C=O) groups is 2. The number of thiazole rings is 1. The third-order valence-electron chi connectivity index (χ3n) is 6.92. The number of imide groups is 1. The summed E-state index contributed by atoms with van der Waals surface area (Å²) in [6, 6.07) is 21.6. The van der Waals surface area contributed by atoms with Crippen LogP contribution < -0.4 is 0 Å². The normalized spacial score (nSPS) is 16.9. The molecule has 2 aliphatic rings. The molecule has 3 heterocycles. The fourth-order valence-electron chi connectivity index (χ4n) is 5.02. The van der Waals surface area contributed by atoms with Gasteiger partial charge in [-0.2, -0.15) is 0 Å². The molecule has 2 amide bonds. The number of piperazine rings is 1. The topological polar surface area (TPSA) is 56.8 Å². The minimum absolute atomic E-state index is 0.185. The van der Waals surface area contributed by atoms with Gasteiger partial charge in [-0.05, 0) is 17.5 Å². The summed E-state index contributed by atoms with van der Waals surface area (Å²) in [5, 5.41) is 4.94. The Morgan fingerprint density at radius 3 is 2.09 bits per heavy atom. The molecule has 1 fully saturated rings. The first-order valence-electron chi connectivity index (χ1n) is 12.0. The Morgan fingerprint density at radius 2 is 1.40 bits per heavy atom. The number of hydrogen-bond donors (Lipinski definition) is 0. The van der Waals surface area contributed by atoms with Crippen LogP contribution in [0.25, 0.3) is 21.3 Å². The van der Waals surface area contributed by atoms with Crippen LogP contribution in [-0.2, 0) is 6.54 Å². The summed E-state index contributed by atoms with van der Waals surface area (Å²) in [6.07, 6.45) is 0. The van der Waals surface area contributed by atoms with Gasteiger partial charge in [0.05, 0.1) is 5.69 Å². The molecule has 0 N–H and O–H groups in total. The predicted octanol–water partition coefficient (Wildman–Crippen LogP) is 4.38. The van der Waals surface area contributed by atoms with Crippen LogP contribution in [0.4, 0.5) is 0 Å². The molecule has 3 aromatic carbocycles. The summed E-state index contributed by atoms with van der Waals surface area (Å²) < 4.78 is 0. The molecule has 2 aliphatic heterocycles. The summed E-state index contributed by atoms with van der Waals surface area (Å²) >= 11 is 1.69. The van der Waals surface area contributed by atoms with Crippen molar-refractivity contribution < 1.29 is 9.59 Å². The van der Waals surface area contributed by atoms with Crippen molar-refractivity contribution in [2.24, 2.45) is 0 Å². The summed E-state index contributed by atoms with van der Waals surface area (Å²) in [5.74, 6) is -0.369. The minimum atomic E-state index is -0.185. The van der Waals surface area contributed by atoms with Crippen molar-refractivity contribution >= 4 is 33.9 Å². The molecule has 0 unspecified atom stereocenters. The van der Waals surface area contributed by atoms with E-state index in [0.717, 1.165) is 59.8 Å². The highest BCUT2D eigenvalue weighted by molar-refractivity contribution is 7.13. The Kier molecular flexibility index (Phi) is 5.90. The molecular weight excluding hydrogens is 456 g/mol. The Morgan fingerprint density at radius 1 is 0.743 bits per heavy atom. The van der Waals surface area contributed by atoms with Crippen LogP contribution in [-0.4, -0.2) is 70.8 Å². The second kappa shape index (κ2) is 9.34. The molecule has 0 saturated carbocycles. The van der Waals surface area contributed by atoms with E-state index in [-0.39, 0.29) is 11.8 Å². The lowest BCUT2D eigenvalue weighted by atomic mass is 9.94. The summed E-state index contributed by atoms with van der Waals surface area (Å²) in [5.41, 5.74) is 3.52. The standard InChI is InChI=1S/C28H26N4O2S/c33-27-23-10-4-8-20-9-5-11-24(25(20)23)28(34)32(27)17-16-30-12-14-31(15-13-30)18-22-19-35-26(29-22)21-6-2-1-3-7-21/h1-11,19H,12-18H2. The first kappa shape index (κ1) is 22.1. The van der Waals surface area contributed by atoms with Crippen LogP contribution >= 0.6 is 11.3 Å². The van der Waals surface area contributed by atoms with Gasteiger partial charge in [-0.15, -0.1) is 11.3 Å². The number of carbonyl (C=O) groups excluding carboxylic acids is 2. The average molecular weight is 483 g/mol. The van der Waals surface area contributed by atoms with E-state index in [9.17, 15) is 9.59 Å². The lowest BCUT2D eigenvalue weighted by molar-refractivity contribution is 0.0570. The van der Waals surface area contributed by atoms with Crippen molar-refractivity contribution in [3.63, 3.8) is 0 Å². The van der Waals surface area contributed by atoms with Crippen molar-refractivity contribution in [2.75, 3.05) is 39.3 Å². The molecule has 6 rings (SSSR count). The highest BCUT2D eigenvalue weighted by atomic mass is 32.1. The minimum Gasteiger partial charge on any atom is -0.299 e. The van der Waals surface area contributed by atoms with Crippen molar-refractivity contribution in [1.82, 2.24) is 19.7 Å². The smallest absolute Gasteiger partial charge is 0.261 e. The second-order valence-electron chi connectivity index (χ2n) is 9.10. The zero-order valence-electron chi connectivity index (χ0n) is 19.4. The van der Waals surface area contributed by atoms with Crippen LogP contribution in [0.3, 0.4) is 0 Å². The largest absolute Gasteiger partial charge is 0.299 e. The van der Waals surface area contributed by atoms with Crippen molar-refractivity contribution in [1.29, 1.82) is 0 Å². The molecule has 0 radical (unpaired) electrons. The number of hydrogen-bond acceptors (Lipinski definition) is 6. The van der Waals surface area contributed by atoms with Gasteiger partial charge in [-0.3, -0.25) is 24.3 Å². The van der Waals surface area contributed by atoms with Crippen LogP contribution in [0.5, 0.6) is 0 Å². The summed E-state index contributed by atoms with van der Waals surface area (Å²) in [6.45, 7) is 5.68. The van der Waals surface area contributed by atoms with Gasteiger partial charge in [0.15, 0.2) is 0 Å². The van der Waals surface area contributed by atoms with Gasteiger partial charge in [-0.25, -0.2) is 4.98 Å². The van der Waals surface area contributed by atoms with Gasteiger partial charge in [0, 0.05) is 73.3 Å². The third-order valence-corrected chi connectivity index (χ3v) is 7.86. The van der Waals surface area contributed by atoms with Crippen molar-refractivity contribution in [3.8, 4) is 10.6 Å². The van der Waals surface area contributed by atoms with Crippen molar-refractivity contribution in [2.45, 2.75) is 6.54 Å². The van der Waals surface area contributed by atoms with Gasteiger partial charge in [0.1, 0.15) is 5.01 Å². The monoisotopic (exact) mass is 482 g/mol. The molecule has 4 aromatic rings. The van der Waals surface area contributed by atoms with E-state index in [1.54, 1.807) is 11.3 Å². The van der Waals surface area contributed by atoms with Crippen molar-refractivity contribution in [3.05, 3.63) is 88.9 Å². The SMILES string of the molecule is O=C1c2cccc3cccc(c23)C(=O)N1CCN1CCN(Cc2csc(-c3ccccc3)n2)CC1. The molecule has 7 heteroatoms. The zero-order chi connectivity index (χ0) is 23.8. The molecule has 6 nitrogen and oxygen atoms in total. The van der Waals surface area contributed by atoms with Gasteiger partial charge in [-0.1, -0.05) is 54.6 Å².